The number of hydrogen-bond donors (Lipinski definition) is 2. The van der Waals surface area contributed by atoms with Crippen molar-refractivity contribution in [3.05, 3.63) is 17.0 Å². The molecule has 0 unspecified atom stereocenters. The third-order valence-corrected chi connectivity index (χ3v) is 3.01. The van der Waals surface area contributed by atoms with Crippen LogP contribution in [0.2, 0.25) is 0 Å². The maximum Gasteiger partial charge on any atom is 0.359 e. The Hall–Kier alpha value is -1.40. The number of ether oxygens (including phenoxy) is 1. The van der Waals surface area contributed by atoms with Crippen molar-refractivity contribution in [1.29, 1.82) is 0 Å². The third kappa shape index (κ3) is 3.13. The van der Waals surface area contributed by atoms with Gasteiger partial charge < -0.3 is 15.2 Å². The van der Waals surface area contributed by atoms with Gasteiger partial charge in [0, 0.05) is 30.8 Å². The highest BCUT2D eigenvalue weighted by Crippen LogP contribution is 2.21. The first-order chi connectivity index (χ1) is 8.92. The minimum Gasteiger partial charge on any atom is -0.461 e. The van der Waals surface area contributed by atoms with Crippen molar-refractivity contribution in [2.45, 2.75) is 45.9 Å². The van der Waals surface area contributed by atoms with Crippen LogP contribution in [0.1, 0.15) is 42.5 Å². The fourth-order valence-electron chi connectivity index (χ4n) is 2.28. The second kappa shape index (κ2) is 5.30. The van der Waals surface area contributed by atoms with Gasteiger partial charge in [-0.15, -0.1) is 0 Å². The second-order valence-electron chi connectivity index (χ2n) is 5.39. The van der Waals surface area contributed by atoms with Crippen LogP contribution < -0.4 is 5.32 Å². The number of nitrogens with zero attached hydrogens (tertiary/aromatic N) is 2. The number of fused-ring (bicyclic) bond motifs is 1. The topological polar surface area (TPSA) is 76.4 Å². The van der Waals surface area contributed by atoms with Gasteiger partial charge in [0.25, 0.3) is 0 Å². The van der Waals surface area contributed by atoms with Gasteiger partial charge in [0.05, 0.1) is 18.8 Å². The van der Waals surface area contributed by atoms with E-state index in [2.05, 4.69) is 10.4 Å². The molecular formula is C13H21N3O3. The highest BCUT2D eigenvalue weighted by atomic mass is 16.5. The van der Waals surface area contributed by atoms with Crippen LogP contribution in [0.25, 0.3) is 0 Å². The van der Waals surface area contributed by atoms with Gasteiger partial charge >= 0.3 is 5.97 Å². The Kier molecular flexibility index (Phi) is 3.91. The van der Waals surface area contributed by atoms with Gasteiger partial charge in [-0.2, -0.15) is 5.10 Å². The standard InChI is InChI=1S/C13H21N3O3/c1-4-19-12(17)11-9-7-14-6-5-10(9)16(15-11)8-13(2,3)18/h14,18H,4-8H2,1-3H3. The van der Waals surface area contributed by atoms with E-state index < -0.39 is 11.6 Å². The van der Waals surface area contributed by atoms with Crippen LogP contribution in [0.15, 0.2) is 0 Å². The number of hydrogen-bond acceptors (Lipinski definition) is 5. The molecule has 0 saturated heterocycles. The summed E-state index contributed by atoms with van der Waals surface area (Å²) in [7, 11) is 0. The lowest BCUT2D eigenvalue weighted by atomic mass is 10.1. The summed E-state index contributed by atoms with van der Waals surface area (Å²) in [5.41, 5.74) is 1.42. The summed E-state index contributed by atoms with van der Waals surface area (Å²) in [4.78, 5) is 11.9. The van der Waals surface area contributed by atoms with Gasteiger partial charge in [-0.05, 0) is 20.8 Å². The van der Waals surface area contributed by atoms with Crippen molar-refractivity contribution < 1.29 is 14.6 Å². The van der Waals surface area contributed by atoms with Crippen molar-refractivity contribution in [1.82, 2.24) is 15.1 Å². The van der Waals surface area contributed by atoms with Crippen molar-refractivity contribution in [2.75, 3.05) is 13.2 Å². The lowest BCUT2D eigenvalue weighted by Crippen LogP contribution is -2.30. The molecule has 0 saturated carbocycles. The van der Waals surface area contributed by atoms with E-state index in [0.29, 0.717) is 25.4 Å². The van der Waals surface area contributed by atoms with E-state index in [1.54, 1.807) is 25.5 Å². The summed E-state index contributed by atoms with van der Waals surface area (Å²) in [5, 5.41) is 17.5. The van der Waals surface area contributed by atoms with Gasteiger partial charge in [-0.25, -0.2) is 4.79 Å². The maximum atomic E-state index is 11.9. The molecule has 2 N–H and O–H groups in total. The number of carbonyl (C=O) groups is 1. The Morgan fingerprint density at radius 3 is 2.95 bits per heavy atom. The summed E-state index contributed by atoms with van der Waals surface area (Å²) < 4.78 is 6.77. The van der Waals surface area contributed by atoms with Crippen LogP contribution >= 0.6 is 0 Å². The Balaban J connectivity index is 2.37. The van der Waals surface area contributed by atoms with Gasteiger partial charge in [0.2, 0.25) is 0 Å². The quantitative estimate of drug-likeness (QED) is 0.776. The normalized spacial score (nSPS) is 15.2. The maximum absolute atomic E-state index is 11.9. The molecule has 1 aromatic heterocycles. The highest BCUT2D eigenvalue weighted by Gasteiger charge is 2.27. The molecule has 0 amide bonds. The minimum absolute atomic E-state index is 0.333. The summed E-state index contributed by atoms with van der Waals surface area (Å²) in [5.74, 6) is -0.392. The first-order valence-electron chi connectivity index (χ1n) is 6.61. The molecular weight excluding hydrogens is 246 g/mol. The SMILES string of the molecule is CCOC(=O)c1nn(CC(C)(C)O)c2c1CNCC2. The number of aliphatic hydroxyl groups is 1. The molecule has 1 aromatic rings. The summed E-state index contributed by atoms with van der Waals surface area (Å²) in [6, 6.07) is 0. The fourth-order valence-corrected chi connectivity index (χ4v) is 2.28. The lowest BCUT2D eigenvalue weighted by Gasteiger charge is -2.20. The number of nitrogens with one attached hydrogen (secondary N) is 1. The molecule has 106 valence electrons. The first kappa shape index (κ1) is 14.0. The number of esters is 1. The van der Waals surface area contributed by atoms with Crippen molar-refractivity contribution in [3.63, 3.8) is 0 Å². The Bertz CT molecular complexity index is 474. The van der Waals surface area contributed by atoms with Crippen LogP contribution in [0.4, 0.5) is 0 Å². The van der Waals surface area contributed by atoms with Crippen LogP contribution in [-0.4, -0.2) is 39.6 Å². The van der Waals surface area contributed by atoms with E-state index in [1.807, 2.05) is 0 Å². The van der Waals surface area contributed by atoms with Crippen molar-refractivity contribution in [3.8, 4) is 0 Å². The zero-order chi connectivity index (χ0) is 14.0. The molecule has 6 nitrogen and oxygen atoms in total. The van der Waals surface area contributed by atoms with Crippen LogP contribution in [-0.2, 0) is 24.2 Å². The minimum atomic E-state index is -0.864. The van der Waals surface area contributed by atoms with Gasteiger partial charge in [0.1, 0.15) is 0 Å². The Morgan fingerprint density at radius 2 is 2.32 bits per heavy atom. The lowest BCUT2D eigenvalue weighted by molar-refractivity contribution is 0.0494. The molecule has 1 aliphatic rings. The monoisotopic (exact) mass is 267 g/mol. The largest absolute Gasteiger partial charge is 0.461 e. The average Bonchev–Trinajstić information content (AvgIpc) is 2.67. The Morgan fingerprint density at radius 1 is 1.58 bits per heavy atom. The summed E-state index contributed by atoms with van der Waals surface area (Å²) in [6.45, 7) is 7.41. The second-order valence-corrected chi connectivity index (χ2v) is 5.39. The predicted molar refractivity (Wildman–Crippen MR) is 69.9 cm³/mol. The summed E-state index contributed by atoms with van der Waals surface area (Å²) >= 11 is 0. The van der Waals surface area contributed by atoms with E-state index in [9.17, 15) is 9.90 Å². The molecule has 0 radical (unpaired) electrons. The van der Waals surface area contributed by atoms with E-state index in [0.717, 1.165) is 24.2 Å². The van der Waals surface area contributed by atoms with Crippen LogP contribution in [0.3, 0.4) is 0 Å². The van der Waals surface area contributed by atoms with Crippen LogP contribution in [0, 0.1) is 0 Å². The van der Waals surface area contributed by atoms with E-state index in [-0.39, 0.29) is 0 Å². The molecule has 0 atom stereocenters. The van der Waals surface area contributed by atoms with E-state index in [4.69, 9.17) is 4.74 Å². The van der Waals surface area contributed by atoms with Crippen molar-refractivity contribution in [2.24, 2.45) is 0 Å². The molecule has 0 spiro atoms. The Labute approximate surface area is 112 Å². The molecule has 2 rings (SSSR count). The summed E-state index contributed by atoms with van der Waals surface area (Å²) in [6.07, 6.45) is 0.803. The molecule has 19 heavy (non-hydrogen) atoms. The highest BCUT2D eigenvalue weighted by molar-refractivity contribution is 5.89. The molecule has 0 aliphatic carbocycles. The van der Waals surface area contributed by atoms with Gasteiger partial charge in [0.15, 0.2) is 5.69 Å². The van der Waals surface area contributed by atoms with Crippen molar-refractivity contribution >= 4 is 5.97 Å². The number of aromatic nitrogens is 2. The molecule has 6 heteroatoms. The van der Waals surface area contributed by atoms with Gasteiger partial charge in [-0.1, -0.05) is 0 Å². The fraction of sp³-hybridized carbons (Fsp3) is 0.692. The predicted octanol–water partition coefficient (Wildman–Crippen LogP) is 0.476. The first-order valence-corrected chi connectivity index (χ1v) is 6.61. The smallest absolute Gasteiger partial charge is 0.359 e. The zero-order valence-electron chi connectivity index (χ0n) is 11.7. The van der Waals surface area contributed by atoms with Crippen LogP contribution in [0.5, 0.6) is 0 Å². The molecule has 2 heterocycles. The number of rotatable bonds is 4. The molecule has 0 bridgehead atoms. The zero-order valence-corrected chi connectivity index (χ0v) is 11.7. The third-order valence-electron chi connectivity index (χ3n) is 3.01. The molecule has 0 fully saturated rings. The molecule has 1 aliphatic heterocycles. The van der Waals surface area contributed by atoms with E-state index >= 15 is 0 Å². The molecule has 0 aromatic carbocycles. The number of carbonyl (C=O) groups excluding carboxylic acids is 1. The van der Waals surface area contributed by atoms with Gasteiger partial charge in [-0.3, -0.25) is 4.68 Å². The average molecular weight is 267 g/mol. The van der Waals surface area contributed by atoms with E-state index in [1.165, 1.54) is 0 Å².